The maximum Gasteiger partial charge on any atom is 0.180 e. The van der Waals surface area contributed by atoms with Crippen LogP contribution in [0.15, 0.2) is 6.20 Å². The van der Waals surface area contributed by atoms with Gasteiger partial charge in [-0.15, -0.1) is 11.3 Å². The van der Waals surface area contributed by atoms with Gasteiger partial charge in [-0.3, -0.25) is 0 Å². The molecule has 3 nitrogen and oxygen atoms in total. The van der Waals surface area contributed by atoms with E-state index in [-0.39, 0.29) is 0 Å². The number of thiazole rings is 1. The quantitative estimate of drug-likeness (QED) is 0.676. The minimum atomic E-state index is 0.645. The number of nitrogen functional groups attached to an aromatic ring is 1. The number of hydrogen-bond donors (Lipinski definition) is 2. The summed E-state index contributed by atoms with van der Waals surface area (Å²) in [6.07, 6.45) is 3.84. The standard InChI is InChI=1S/C6H11N3S/c7-3-1-2-5-4-9-6(8)10-5/h4H,1-3,7H2,(H2,8,9). The molecule has 0 aliphatic rings. The van der Waals surface area contributed by atoms with Crippen LogP contribution in [0.2, 0.25) is 0 Å². The molecule has 0 amide bonds. The maximum absolute atomic E-state index is 5.43. The summed E-state index contributed by atoms with van der Waals surface area (Å²) in [7, 11) is 0. The van der Waals surface area contributed by atoms with E-state index in [4.69, 9.17) is 11.5 Å². The van der Waals surface area contributed by atoms with Crippen LogP contribution in [0.1, 0.15) is 11.3 Å². The summed E-state index contributed by atoms with van der Waals surface area (Å²) in [6.45, 7) is 0.734. The Morgan fingerprint density at radius 2 is 2.40 bits per heavy atom. The van der Waals surface area contributed by atoms with Gasteiger partial charge in [0.15, 0.2) is 5.13 Å². The third kappa shape index (κ3) is 1.97. The first-order valence-corrected chi connectivity index (χ1v) is 4.05. The summed E-state index contributed by atoms with van der Waals surface area (Å²) in [4.78, 5) is 5.15. The molecule has 0 spiro atoms. The van der Waals surface area contributed by atoms with Crippen molar-refractivity contribution < 1.29 is 0 Å². The lowest BCUT2D eigenvalue weighted by atomic mass is 10.3. The fraction of sp³-hybridized carbons (Fsp3) is 0.500. The van der Waals surface area contributed by atoms with Gasteiger partial charge in [-0.25, -0.2) is 4.98 Å². The minimum absolute atomic E-state index is 0.645. The fourth-order valence-electron chi connectivity index (χ4n) is 0.715. The number of nitrogens with zero attached hydrogens (tertiary/aromatic N) is 1. The number of rotatable bonds is 3. The second-order valence-corrected chi connectivity index (χ2v) is 3.20. The molecule has 4 N–H and O–H groups in total. The van der Waals surface area contributed by atoms with Crippen molar-refractivity contribution in [2.75, 3.05) is 12.3 Å². The van der Waals surface area contributed by atoms with E-state index < -0.39 is 0 Å². The minimum Gasteiger partial charge on any atom is -0.375 e. The van der Waals surface area contributed by atoms with Crippen molar-refractivity contribution in [3.8, 4) is 0 Å². The molecule has 0 fully saturated rings. The molecule has 1 heterocycles. The Morgan fingerprint density at radius 3 is 2.90 bits per heavy atom. The van der Waals surface area contributed by atoms with E-state index in [2.05, 4.69) is 4.98 Å². The first kappa shape index (κ1) is 7.50. The highest BCUT2D eigenvalue weighted by Gasteiger charge is 1.96. The lowest BCUT2D eigenvalue weighted by Gasteiger charge is -1.89. The van der Waals surface area contributed by atoms with Crippen molar-refractivity contribution in [3.63, 3.8) is 0 Å². The van der Waals surface area contributed by atoms with Gasteiger partial charge in [-0.2, -0.15) is 0 Å². The topological polar surface area (TPSA) is 64.9 Å². The Morgan fingerprint density at radius 1 is 1.60 bits per heavy atom. The van der Waals surface area contributed by atoms with Crippen LogP contribution in [0.3, 0.4) is 0 Å². The monoisotopic (exact) mass is 157 g/mol. The molecule has 0 aliphatic heterocycles. The van der Waals surface area contributed by atoms with Crippen LogP contribution in [-0.4, -0.2) is 11.5 Å². The molecule has 0 aliphatic carbocycles. The highest BCUT2D eigenvalue weighted by Crippen LogP contribution is 2.15. The highest BCUT2D eigenvalue weighted by molar-refractivity contribution is 7.15. The molecule has 0 atom stereocenters. The SMILES string of the molecule is NCCCc1cnc(N)s1. The first-order chi connectivity index (χ1) is 4.83. The highest BCUT2D eigenvalue weighted by atomic mass is 32.1. The lowest BCUT2D eigenvalue weighted by Crippen LogP contribution is -1.99. The van der Waals surface area contributed by atoms with E-state index in [1.807, 2.05) is 6.20 Å². The van der Waals surface area contributed by atoms with E-state index >= 15 is 0 Å². The number of anilines is 1. The predicted molar refractivity (Wildman–Crippen MR) is 43.9 cm³/mol. The molecular weight excluding hydrogens is 146 g/mol. The molecular formula is C6H11N3S. The van der Waals surface area contributed by atoms with Gasteiger partial charge < -0.3 is 11.5 Å². The molecule has 0 saturated carbocycles. The van der Waals surface area contributed by atoms with E-state index in [0.717, 1.165) is 19.4 Å². The number of nitrogens with two attached hydrogens (primary N) is 2. The predicted octanol–water partition coefficient (Wildman–Crippen LogP) is 0.617. The maximum atomic E-state index is 5.43. The van der Waals surface area contributed by atoms with E-state index in [9.17, 15) is 0 Å². The molecule has 0 unspecified atom stereocenters. The number of hydrogen-bond acceptors (Lipinski definition) is 4. The zero-order valence-corrected chi connectivity index (χ0v) is 6.53. The average Bonchev–Trinajstić information content (AvgIpc) is 2.31. The summed E-state index contributed by atoms with van der Waals surface area (Å²) < 4.78 is 0. The molecule has 4 heteroatoms. The molecule has 1 aromatic rings. The van der Waals surface area contributed by atoms with Gasteiger partial charge >= 0.3 is 0 Å². The van der Waals surface area contributed by atoms with Crippen LogP contribution in [0.25, 0.3) is 0 Å². The molecule has 10 heavy (non-hydrogen) atoms. The van der Waals surface area contributed by atoms with Gasteiger partial charge in [0.05, 0.1) is 0 Å². The second-order valence-electron chi connectivity index (χ2n) is 2.06. The number of aryl methyl sites for hydroxylation is 1. The van der Waals surface area contributed by atoms with Crippen molar-refractivity contribution in [1.82, 2.24) is 4.98 Å². The summed E-state index contributed by atoms with van der Waals surface area (Å²) in [5.41, 5.74) is 10.8. The molecule has 1 aromatic heterocycles. The van der Waals surface area contributed by atoms with Gasteiger partial charge in [-0.05, 0) is 19.4 Å². The van der Waals surface area contributed by atoms with Crippen LogP contribution in [0.4, 0.5) is 5.13 Å². The van der Waals surface area contributed by atoms with E-state index in [0.29, 0.717) is 5.13 Å². The molecule has 0 aromatic carbocycles. The van der Waals surface area contributed by atoms with E-state index in [1.54, 1.807) is 0 Å². The van der Waals surface area contributed by atoms with Gasteiger partial charge in [0.25, 0.3) is 0 Å². The van der Waals surface area contributed by atoms with Crippen molar-refractivity contribution in [2.45, 2.75) is 12.8 Å². The van der Waals surface area contributed by atoms with Crippen molar-refractivity contribution in [2.24, 2.45) is 5.73 Å². The van der Waals surface area contributed by atoms with Crippen LogP contribution < -0.4 is 11.5 Å². The summed E-state index contributed by atoms with van der Waals surface area (Å²) in [6, 6.07) is 0. The third-order valence-electron chi connectivity index (χ3n) is 1.20. The first-order valence-electron chi connectivity index (χ1n) is 3.23. The van der Waals surface area contributed by atoms with Crippen LogP contribution in [0.5, 0.6) is 0 Å². The van der Waals surface area contributed by atoms with Gasteiger partial charge in [0.1, 0.15) is 0 Å². The molecule has 56 valence electrons. The summed E-state index contributed by atoms with van der Waals surface area (Å²) in [5, 5.41) is 0.645. The van der Waals surface area contributed by atoms with Gasteiger partial charge in [0, 0.05) is 11.1 Å². The largest absolute Gasteiger partial charge is 0.375 e. The van der Waals surface area contributed by atoms with E-state index in [1.165, 1.54) is 16.2 Å². The summed E-state index contributed by atoms with van der Waals surface area (Å²) >= 11 is 1.54. The zero-order chi connectivity index (χ0) is 7.40. The Kier molecular flexibility index (Phi) is 2.65. The fourth-order valence-corrected chi connectivity index (χ4v) is 1.44. The Labute approximate surface area is 64.1 Å². The Bertz CT molecular complexity index is 197. The van der Waals surface area contributed by atoms with Crippen molar-refractivity contribution in [1.29, 1.82) is 0 Å². The van der Waals surface area contributed by atoms with Crippen LogP contribution >= 0.6 is 11.3 Å². The van der Waals surface area contributed by atoms with Crippen LogP contribution in [-0.2, 0) is 6.42 Å². The average molecular weight is 157 g/mol. The molecule has 0 saturated heterocycles. The smallest absolute Gasteiger partial charge is 0.180 e. The zero-order valence-electron chi connectivity index (χ0n) is 5.71. The second kappa shape index (κ2) is 3.53. The normalized spacial score (nSPS) is 10.1. The van der Waals surface area contributed by atoms with Crippen LogP contribution in [0, 0.1) is 0 Å². The molecule has 0 bridgehead atoms. The van der Waals surface area contributed by atoms with Crippen molar-refractivity contribution >= 4 is 16.5 Å². The third-order valence-corrected chi connectivity index (χ3v) is 2.09. The Hall–Kier alpha value is -0.610. The van der Waals surface area contributed by atoms with Gasteiger partial charge in [-0.1, -0.05) is 0 Å². The number of aromatic nitrogens is 1. The lowest BCUT2D eigenvalue weighted by molar-refractivity contribution is 0.841. The molecule has 0 radical (unpaired) electrons. The molecule has 1 rings (SSSR count). The Balaban J connectivity index is 2.42. The van der Waals surface area contributed by atoms with Gasteiger partial charge in [0.2, 0.25) is 0 Å². The van der Waals surface area contributed by atoms with Crippen molar-refractivity contribution in [3.05, 3.63) is 11.1 Å². The summed E-state index contributed by atoms with van der Waals surface area (Å²) in [5.74, 6) is 0.